The zero-order chi connectivity index (χ0) is 17.0. The van der Waals surface area contributed by atoms with Gasteiger partial charge in [-0.3, -0.25) is 0 Å². The van der Waals surface area contributed by atoms with Crippen LogP contribution in [0.5, 0.6) is 0 Å². The summed E-state index contributed by atoms with van der Waals surface area (Å²) in [5, 5.41) is 0.743. The van der Waals surface area contributed by atoms with E-state index in [1.165, 1.54) is 5.56 Å². The Morgan fingerprint density at radius 1 is 1.09 bits per heavy atom. The van der Waals surface area contributed by atoms with Crippen LogP contribution in [0.25, 0.3) is 0 Å². The average Bonchev–Trinajstić information content (AvgIpc) is 2.54. The normalized spacial score (nSPS) is 11.0. The largest absolute Gasteiger partial charge is 0.366 e. The lowest BCUT2D eigenvalue weighted by Gasteiger charge is -2.23. The van der Waals surface area contributed by atoms with Crippen LogP contribution in [0.4, 0.5) is 17.1 Å². The zero-order valence-electron chi connectivity index (χ0n) is 14.5. The van der Waals surface area contributed by atoms with Crippen LogP contribution in [0.15, 0.2) is 41.4 Å². The maximum Gasteiger partial charge on any atom is 0.0909 e. The van der Waals surface area contributed by atoms with Crippen molar-refractivity contribution in [2.24, 2.45) is 4.99 Å². The molecule has 2 aromatic rings. The molecule has 2 rings (SSSR count). The molecule has 0 aliphatic rings. The van der Waals surface area contributed by atoms with Crippen LogP contribution in [-0.2, 0) is 0 Å². The summed E-state index contributed by atoms with van der Waals surface area (Å²) in [5.41, 5.74) is 5.57. The quantitative estimate of drug-likeness (QED) is 0.545. The van der Waals surface area contributed by atoms with Gasteiger partial charge < -0.3 is 9.80 Å². The lowest BCUT2D eigenvalue weighted by atomic mass is 10.1. The number of aliphatic imine (C=N–C) groups is 1. The molecule has 23 heavy (non-hydrogen) atoms. The Morgan fingerprint density at radius 3 is 2.48 bits per heavy atom. The summed E-state index contributed by atoms with van der Waals surface area (Å²) in [6, 6.07) is 12.2. The summed E-state index contributed by atoms with van der Waals surface area (Å²) in [5.74, 6) is 0. The van der Waals surface area contributed by atoms with Gasteiger partial charge in [0.1, 0.15) is 0 Å². The van der Waals surface area contributed by atoms with Crippen LogP contribution in [-0.4, -0.2) is 31.9 Å². The van der Waals surface area contributed by atoms with Crippen molar-refractivity contribution in [3.63, 3.8) is 0 Å². The summed E-state index contributed by atoms with van der Waals surface area (Å²) in [4.78, 5) is 8.79. The molecule has 0 radical (unpaired) electrons. The van der Waals surface area contributed by atoms with E-state index in [1.807, 2.05) is 31.6 Å². The molecule has 0 aliphatic carbocycles. The minimum atomic E-state index is 0.743. The first-order chi connectivity index (χ1) is 10.9. The number of halogens is 1. The Kier molecular flexibility index (Phi) is 5.67. The van der Waals surface area contributed by atoms with Crippen molar-refractivity contribution < 1.29 is 0 Å². The van der Waals surface area contributed by atoms with Crippen molar-refractivity contribution in [3.8, 4) is 0 Å². The van der Waals surface area contributed by atoms with Crippen LogP contribution >= 0.6 is 11.6 Å². The van der Waals surface area contributed by atoms with Gasteiger partial charge in [-0.1, -0.05) is 17.7 Å². The van der Waals surface area contributed by atoms with E-state index in [0.717, 1.165) is 34.2 Å². The Labute approximate surface area is 144 Å². The Morgan fingerprint density at radius 2 is 1.83 bits per heavy atom. The van der Waals surface area contributed by atoms with Gasteiger partial charge in [0.2, 0.25) is 0 Å². The second kappa shape index (κ2) is 7.51. The van der Waals surface area contributed by atoms with Gasteiger partial charge in [-0.15, -0.1) is 0 Å². The molecule has 0 heterocycles. The molecule has 0 aromatic heterocycles. The van der Waals surface area contributed by atoms with Crippen LogP contribution in [0.2, 0.25) is 5.02 Å². The standard InChI is InChI=1S/C19H24ClN3/c1-6-22(4)13-21-18-10-15(3)19(11-14(18)2)23(5)17-9-7-8-16(20)12-17/h7-13H,6H2,1-5H3. The maximum atomic E-state index is 6.11. The predicted octanol–water partition coefficient (Wildman–Crippen LogP) is 5.34. The van der Waals surface area contributed by atoms with E-state index >= 15 is 0 Å². The molecule has 2 aromatic carbocycles. The molecule has 122 valence electrons. The number of hydrogen-bond donors (Lipinski definition) is 0. The van der Waals surface area contributed by atoms with Crippen LogP contribution in [0, 0.1) is 13.8 Å². The smallest absolute Gasteiger partial charge is 0.0909 e. The molecule has 0 unspecified atom stereocenters. The van der Waals surface area contributed by atoms with E-state index < -0.39 is 0 Å². The molecule has 0 saturated heterocycles. The van der Waals surface area contributed by atoms with Crippen LogP contribution in [0.1, 0.15) is 18.1 Å². The molecule has 0 amide bonds. The number of hydrogen-bond acceptors (Lipinski definition) is 2. The molecule has 0 fully saturated rings. The highest BCUT2D eigenvalue weighted by Crippen LogP contribution is 2.33. The molecule has 0 bridgehead atoms. The van der Waals surface area contributed by atoms with E-state index in [-0.39, 0.29) is 0 Å². The third kappa shape index (κ3) is 4.26. The van der Waals surface area contributed by atoms with Gasteiger partial charge in [-0.05, 0) is 62.2 Å². The van der Waals surface area contributed by atoms with Crippen molar-refractivity contribution in [3.05, 3.63) is 52.5 Å². The molecule has 0 N–H and O–H groups in total. The molecule has 4 heteroatoms. The number of aryl methyl sites for hydroxylation is 2. The molecular formula is C19H24ClN3. The van der Waals surface area contributed by atoms with Crippen molar-refractivity contribution in [2.45, 2.75) is 20.8 Å². The summed E-state index contributed by atoms with van der Waals surface area (Å²) < 4.78 is 0. The predicted molar refractivity (Wildman–Crippen MR) is 102 cm³/mol. The second-order valence-corrected chi connectivity index (χ2v) is 6.22. The van der Waals surface area contributed by atoms with Gasteiger partial charge in [-0.2, -0.15) is 0 Å². The van der Waals surface area contributed by atoms with Gasteiger partial charge >= 0.3 is 0 Å². The Balaban J connectivity index is 2.34. The molecule has 0 saturated carbocycles. The van der Waals surface area contributed by atoms with Crippen LogP contribution < -0.4 is 4.90 Å². The zero-order valence-corrected chi connectivity index (χ0v) is 15.2. The first-order valence-corrected chi connectivity index (χ1v) is 8.15. The fraction of sp³-hybridized carbons (Fsp3) is 0.316. The van der Waals surface area contributed by atoms with E-state index in [0.29, 0.717) is 0 Å². The van der Waals surface area contributed by atoms with Gasteiger partial charge in [0.15, 0.2) is 0 Å². The van der Waals surface area contributed by atoms with Gasteiger partial charge in [0, 0.05) is 37.0 Å². The van der Waals surface area contributed by atoms with Gasteiger partial charge in [0.05, 0.1) is 12.0 Å². The van der Waals surface area contributed by atoms with E-state index in [9.17, 15) is 0 Å². The van der Waals surface area contributed by atoms with Crippen molar-refractivity contribution in [1.82, 2.24) is 4.90 Å². The number of benzene rings is 2. The first-order valence-electron chi connectivity index (χ1n) is 7.77. The van der Waals surface area contributed by atoms with Crippen molar-refractivity contribution >= 4 is 35.0 Å². The van der Waals surface area contributed by atoms with Gasteiger partial charge in [-0.25, -0.2) is 4.99 Å². The molecular weight excluding hydrogens is 306 g/mol. The number of nitrogens with zero attached hydrogens (tertiary/aromatic N) is 3. The second-order valence-electron chi connectivity index (χ2n) is 5.78. The van der Waals surface area contributed by atoms with Crippen LogP contribution in [0.3, 0.4) is 0 Å². The molecule has 0 spiro atoms. The van der Waals surface area contributed by atoms with Gasteiger partial charge in [0.25, 0.3) is 0 Å². The topological polar surface area (TPSA) is 18.8 Å². The molecule has 3 nitrogen and oxygen atoms in total. The highest BCUT2D eigenvalue weighted by atomic mass is 35.5. The Bertz CT molecular complexity index is 710. The number of rotatable bonds is 5. The van der Waals surface area contributed by atoms with E-state index in [1.54, 1.807) is 0 Å². The molecule has 0 atom stereocenters. The minimum Gasteiger partial charge on any atom is -0.366 e. The third-order valence-corrected chi connectivity index (χ3v) is 4.20. The average molecular weight is 330 g/mol. The first kappa shape index (κ1) is 17.4. The summed E-state index contributed by atoms with van der Waals surface area (Å²) >= 11 is 6.11. The Hall–Kier alpha value is -2.00. The lowest BCUT2D eigenvalue weighted by molar-refractivity contribution is 0.552. The molecule has 0 aliphatic heterocycles. The van der Waals surface area contributed by atoms with E-state index in [4.69, 9.17) is 11.6 Å². The van der Waals surface area contributed by atoms with Crippen molar-refractivity contribution in [2.75, 3.05) is 25.5 Å². The van der Waals surface area contributed by atoms with Crippen molar-refractivity contribution in [1.29, 1.82) is 0 Å². The summed E-state index contributed by atoms with van der Waals surface area (Å²) in [7, 11) is 4.08. The summed E-state index contributed by atoms with van der Waals surface area (Å²) in [6.07, 6.45) is 1.88. The number of anilines is 2. The fourth-order valence-electron chi connectivity index (χ4n) is 2.35. The fourth-order valence-corrected chi connectivity index (χ4v) is 2.54. The maximum absolute atomic E-state index is 6.11. The third-order valence-electron chi connectivity index (χ3n) is 3.96. The SMILES string of the molecule is CCN(C)C=Nc1cc(C)c(N(C)c2cccc(Cl)c2)cc1C. The minimum absolute atomic E-state index is 0.743. The monoisotopic (exact) mass is 329 g/mol. The van der Waals surface area contributed by atoms with E-state index in [2.05, 4.69) is 60.8 Å². The highest BCUT2D eigenvalue weighted by molar-refractivity contribution is 6.30. The summed E-state index contributed by atoms with van der Waals surface area (Å²) in [6.45, 7) is 7.25. The lowest BCUT2D eigenvalue weighted by Crippen LogP contribution is -2.14. The highest BCUT2D eigenvalue weighted by Gasteiger charge is 2.10.